The van der Waals surface area contributed by atoms with Gasteiger partial charge in [0.15, 0.2) is 6.29 Å². The molecule has 6 heteroatoms. The summed E-state index contributed by atoms with van der Waals surface area (Å²) in [5.41, 5.74) is 2.16. The molecule has 1 heterocycles. The van der Waals surface area contributed by atoms with E-state index in [1.807, 2.05) is 0 Å². The quantitative estimate of drug-likeness (QED) is 0.257. The van der Waals surface area contributed by atoms with Crippen molar-refractivity contribution >= 4 is 0 Å². The Hall–Kier alpha value is -0.500. The fourth-order valence-electron chi connectivity index (χ4n) is 10.9. The van der Waals surface area contributed by atoms with Gasteiger partial charge in [0.1, 0.15) is 24.4 Å². The van der Waals surface area contributed by atoms with Crippen molar-refractivity contribution in [3.05, 3.63) is 11.6 Å². The molecule has 1 aliphatic heterocycles. The number of allylic oxidation sites excluding steroid dienone is 1. The molecule has 0 unspecified atom stereocenters. The molecule has 0 spiro atoms. The van der Waals surface area contributed by atoms with Gasteiger partial charge in [-0.1, -0.05) is 66.0 Å². The third kappa shape index (κ3) is 5.73. The smallest absolute Gasteiger partial charge is 0.184 e. The molecule has 0 aromatic heterocycles. The van der Waals surface area contributed by atoms with Gasteiger partial charge in [0.05, 0.1) is 12.7 Å². The molecule has 236 valence electrons. The largest absolute Gasteiger partial charge is 0.394 e. The van der Waals surface area contributed by atoms with E-state index < -0.39 is 37.3 Å². The second-order valence-corrected chi connectivity index (χ2v) is 15.6. The predicted molar refractivity (Wildman–Crippen MR) is 161 cm³/mol. The summed E-state index contributed by atoms with van der Waals surface area (Å²) < 4.78 is 11.4. The molecule has 0 aromatic carbocycles. The minimum absolute atomic E-state index is 0.117. The lowest BCUT2D eigenvalue weighted by Gasteiger charge is -2.58. The first-order chi connectivity index (χ1) is 19.4. The summed E-state index contributed by atoms with van der Waals surface area (Å²) in [6.45, 7) is 14.4. The van der Waals surface area contributed by atoms with Gasteiger partial charge >= 0.3 is 0 Å². The van der Waals surface area contributed by atoms with Crippen LogP contribution in [-0.2, 0) is 9.47 Å². The van der Waals surface area contributed by atoms with Crippen molar-refractivity contribution < 1.29 is 29.9 Å². The third-order valence-electron chi connectivity index (χ3n) is 13.5. The number of ether oxygens (including phenoxy) is 2. The highest BCUT2D eigenvalue weighted by atomic mass is 16.6. The van der Waals surface area contributed by atoms with E-state index in [0.717, 1.165) is 60.7 Å². The van der Waals surface area contributed by atoms with E-state index in [1.54, 1.807) is 0 Å². The first-order valence-corrected chi connectivity index (χ1v) is 17.1. The second kappa shape index (κ2) is 12.5. The molecule has 0 aromatic rings. The molecular formula is C35H60O6. The van der Waals surface area contributed by atoms with Crippen LogP contribution in [0.3, 0.4) is 0 Å². The number of hydrogen-bond donors (Lipinski definition) is 4. The van der Waals surface area contributed by atoms with Crippen LogP contribution < -0.4 is 0 Å². The van der Waals surface area contributed by atoms with Gasteiger partial charge in [-0.25, -0.2) is 0 Å². The average Bonchev–Trinajstić information content (AvgIpc) is 3.30. The lowest BCUT2D eigenvalue weighted by Crippen LogP contribution is -2.60. The summed E-state index contributed by atoms with van der Waals surface area (Å²) in [4.78, 5) is 0. The van der Waals surface area contributed by atoms with Crippen LogP contribution in [-0.4, -0.2) is 63.8 Å². The molecule has 14 atom stereocenters. The minimum Gasteiger partial charge on any atom is -0.394 e. The molecule has 4 N–H and O–H groups in total. The zero-order valence-corrected chi connectivity index (χ0v) is 26.7. The Labute approximate surface area is 249 Å². The first-order valence-electron chi connectivity index (χ1n) is 17.1. The van der Waals surface area contributed by atoms with Crippen molar-refractivity contribution in [3.63, 3.8) is 0 Å². The maximum absolute atomic E-state index is 10.7. The Morgan fingerprint density at radius 2 is 1.73 bits per heavy atom. The molecule has 0 bridgehead atoms. The Bertz CT molecular complexity index is 920. The first kappa shape index (κ1) is 31.9. The normalized spacial score (nSPS) is 47.7. The van der Waals surface area contributed by atoms with E-state index in [9.17, 15) is 20.4 Å². The van der Waals surface area contributed by atoms with Crippen LogP contribution in [0.4, 0.5) is 0 Å². The van der Waals surface area contributed by atoms with Crippen LogP contribution in [0, 0.1) is 52.3 Å². The van der Waals surface area contributed by atoms with Gasteiger partial charge in [0, 0.05) is 0 Å². The molecular weight excluding hydrogens is 516 g/mol. The lowest BCUT2D eigenvalue weighted by atomic mass is 9.47. The molecule has 4 fully saturated rings. The monoisotopic (exact) mass is 576 g/mol. The van der Waals surface area contributed by atoms with E-state index in [2.05, 4.69) is 47.6 Å². The minimum atomic E-state index is -1.47. The van der Waals surface area contributed by atoms with Gasteiger partial charge < -0.3 is 29.9 Å². The van der Waals surface area contributed by atoms with Gasteiger partial charge in [0.2, 0.25) is 0 Å². The van der Waals surface area contributed by atoms with Gasteiger partial charge in [0.25, 0.3) is 0 Å². The van der Waals surface area contributed by atoms with Gasteiger partial charge in [-0.05, 0) is 110 Å². The molecule has 4 aliphatic carbocycles. The van der Waals surface area contributed by atoms with E-state index in [1.165, 1.54) is 56.9 Å². The maximum Gasteiger partial charge on any atom is 0.184 e. The highest BCUT2D eigenvalue weighted by Crippen LogP contribution is 2.67. The number of fused-ring (bicyclic) bond motifs is 5. The predicted octanol–water partition coefficient (Wildman–Crippen LogP) is 5.85. The van der Waals surface area contributed by atoms with Crippen LogP contribution in [0.5, 0.6) is 0 Å². The van der Waals surface area contributed by atoms with Crippen LogP contribution in [0.1, 0.15) is 112 Å². The highest BCUT2D eigenvalue weighted by Gasteiger charge is 2.59. The van der Waals surface area contributed by atoms with Crippen molar-refractivity contribution in [2.45, 2.75) is 149 Å². The standard InChI is InChI=1S/C35H60O6/c1-7-22(20(2)3)9-8-21(4)26-12-13-27-25-11-10-23-18-24(14-16-34(23,5)28(25)15-17-35(26,27)6)40-32-30(37)29(19-36)41-33(39)31(32)38/h10,20-22,24-33,36-39H,7-9,11-19H2,1-6H3/t21-,22-,24+,25+,26-,27+,28+,29-,30-,31-,32+,33-,34+,35-/m1/s1. The zero-order valence-electron chi connectivity index (χ0n) is 26.7. The van der Waals surface area contributed by atoms with Crippen molar-refractivity contribution in [3.8, 4) is 0 Å². The van der Waals surface area contributed by atoms with Gasteiger partial charge in [-0.3, -0.25) is 0 Å². The third-order valence-corrected chi connectivity index (χ3v) is 13.5. The number of hydrogen-bond acceptors (Lipinski definition) is 6. The van der Waals surface area contributed by atoms with Gasteiger partial charge in [-0.2, -0.15) is 0 Å². The van der Waals surface area contributed by atoms with Crippen molar-refractivity contribution in [1.29, 1.82) is 0 Å². The Morgan fingerprint density at radius 3 is 2.41 bits per heavy atom. The van der Waals surface area contributed by atoms with Crippen LogP contribution in [0.15, 0.2) is 11.6 Å². The summed E-state index contributed by atoms with van der Waals surface area (Å²) in [7, 11) is 0. The number of aliphatic hydroxyl groups is 4. The average molecular weight is 577 g/mol. The molecule has 5 aliphatic rings. The van der Waals surface area contributed by atoms with Crippen molar-refractivity contribution in [2.75, 3.05) is 6.61 Å². The SMILES string of the molecule is CC[C@H](CC[C@@H](C)[C@H]1CC[C@H]2[C@@H]3CC=C4C[C@@H](O[C@@H]5[C@@H](O)[C@H](O)O[C@H](CO)[C@H]5O)CC[C@]4(C)[C@H]3CC[C@]12C)C(C)C. The van der Waals surface area contributed by atoms with Gasteiger partial charge in [-0.15, -0.1) is 0 Å². The topological polar surface area (TPSA) is 99.4 Å². The molecule has 0 radical (unpaired) electrons. The van der Waals surface area contributed by atoms with Crippen molar-refractivity contribution in [1.82, 2.24) is 0 Å². The summed E-state index contributed by atoms with van der Waals surface area (Å²) in [6.07, 6.45) is 9.98. The fourth-order valence-corrected chi connectivity index (χ4v) is 10.9. The number of rotatable bonds is 9. The van der Waals surface area contributed by atoms with Crippen molar-refractivity contribution in [2.24, 2.45) is 52.3 Å². The van der Waals surface area contributed by atoms with E-state index in [0.29, 0.717) is 5.41 Å². The second-order valence-electron chi connectivity index (χ2n) is 15.6. The summed E-state index contributed by atoms with van der Waals surface area (Å²) in [6, 6.07) is 0. The lowest BCUT2D eigenvalue weighted by molar-refractivity contribution is -0.301. The Kier molecular flexibility index (Phi) is 9.71. The zero-order chi connectivity index (χ0) is 29.7. The summed E-state index contributed by atoms with van der Waals surface area (Å²) >= 11 is 0. The maximum atomic E-state index is 10.7. The summed E-state index contributed by atoms with van der Waals surface area (Å²) in [5.74, 6) is 5.64. The molecule has 3 saturated carbocycles. The number of aliphatic hydroxyl groups excluding tert-OH is 4. The summed E-state index contributed by atoms with van der Waals surface area (Å²) in [5, 5.41) is 40.8. The van der Waals surface area contributed by atoms with Crippen LogP contribution in [0.25, 0.3) is 0 Å². The molecule has 5 rings (SSSR count). The van der Waals surface area contributed by atoms with E-state index >= 15 is 0 Å². The van der Waals surface area contributed by atoms with E-state index in [4.69, 9.17) is 9.47 Å². The highest BCUT2D eigenvalue weighted by molar-refractivity contribution is 5.25. The molecule has 0 amide bonds. The molecule has 6 nitrogen and oxygen atoms in total. The fraction of sp³-hybridized carbons (Fsp3) is 0.943. The van der Waals surface area contributed by atoms with Crippen LogP contribution in [0.2, 0.25) is 0 Å². The van der Waals surface area contributed by atoms with Crippen LogP contribution >= 0.6 is 0 Å². The molecule has 1 saturated heterocycles. The van der Waals surface area contributed by atoms with E-state index in [-0.39, 0.29) is 11.5 Å². The Morgan fingerprint density at radius 1 is 0.976 bits per heavy atom. The molecule has 41 heavy (non-hydrogen) atoms. The Balaban J connectivity index is 1.25.